The van der Waals surface area contributed by atoms with Gasteiger partial charge in [0.05, 0.1) is 5.02 Å². The van der Waals surface area contributed by atoms with E-state index in [0.717, 1.165) is 12.3 Å². The molecule has 3 nitrogen and oxygen atoms in total. The first-order valence-corrected chi connectivity index (χ1v) is 6.69. The summed E-state index contributed by atoms with van der Waals surface area (Å²) in [4.78, 5) is -0.473. The molecule has 0 radical (unpaired) electrons. The highest BCUT2D eigenvalue weighted by Crippen LogP contribution is 2.26. The second-order valence-corrected chi connectivity index (χ2v) is 5.58. The van der Waals surface area contributed by atoms with Crippen molar-refractivity contribution in [1.29, 1.82) is 0 Å². The van der Waals surface area contributed by atoms with Crippen LogP contribution in [-0.4, -0.2) is 21.2 Å². The highest BCUT2D eigenvalue weighted by molar-refractivity contribution is 7.90. The van der Waals surface area contributed by atoms with E-state index in [0.29, 0.717) is 12.1 Å². The number of sulfone groups is 1. The summed E-state index contributed by atoms with van der Waals surface area (Å²) < 4.78 is 36.0. The summed E-state index contributed by atoms with van der Waals surface area (Å²) in [6.45, 7) is 0.313. The highest BCUT2D eigenvalue weighted by Gasteiger charge is 2.18. The molecule has 0 spiro atoms. The van der Waals surface area contributed by atoms with E-state index in [9.17, 15) is 12.8 Å². The van der Waals surface area contributed by atoms with Crippen LogP contribution < -0.4 is 5.73 Å². The Labute approximate surface area is 98.6 Å². The molecule has 2 N–H and O–H groups in total. The zero-order valence-electron chi connectivity index (χ0n) is 8.57. The van der Waals surface area contributed by atoms with Gasteiger partial charge in [-0.3, -0.25) is 0 Å². The smallest absolute Gasteiger partial charge is 0.179 e. The molecule has 0 amide bonds. The SMILES string of the molecule is CS(=O)(=O)c1c(F)cc(/C=C/CN)cc1Cl. The third kappa shape index (κ3) is 3.04. The van der Waals surface area contributed by atoms with Gasteiger partial charge in [0, 0.05) is 12.8 Å². The molecule has 1 aromatic carbocycles. The summed E-state index contributed by atoms with van der Waals surface area (Å²) >= 11 is 5.71. The van der Waals surface area contributed by atoms with Gasteiger partial charge in [-0.05, 0) is 17.7 Å². The van der Waals surface area contributed by atoms with E-state index in [4.69, 9.17) is 17.3 Å². The van der Waals surface area contributed by atoms with Crippen LogP contribution in [0.25, 0.3) is 6.08 Å². The monoisotopic (exact) mass is 263 g/mol. The van der Waals surface area contributed by atoms with E-state index < -0.39 is 20.5 Å². The maximum atomic E-state index is 13.5. The first kappa shape index (κ1) is 13.2. The molecule has 0 aliphatic heterocycles. The fourth-order valence-electron chi connectivity index (χ4n) is 1.23. The fraction of sp³-hybridized carbons (Fsp3) is 0.200. The molecule has 16 heavy (non-hydrogen) atoms. The predicted molar refractivity (Wildman–Crippen MR) is 62.6 cm³/mol. The predicted octanol–water partition coefficient (Wildman–Crippen LogP) is 1.85. The summed E-state index contributed by atoms with van der Waals surface area (Å²) in [7, 11) is -3.66. The van der Waals surface area contributed by atoms with Crippen molar-refractivity contribution in [3.8, 4) is 0 Å². The second-order valence-electron chi connectivity index (χ2n) is 3.22. The van der Waals surface area contributed by atoms with Gasteiger partial charge in [-0.25, -0.2) is 12.8 Å². The zero-order valence-corrected chi connectivity index (χ0v) is 10.1. The van der Waals surface area contributed by atoms with Crippen molar-refractivity contribution in [1.82, 2.24) is 0 Å². The third-order valence-corrected chi connectivity index (χ3v) is 3.40. The van der Waals surface area contributed by atoms with Crippen LogP contribution in [0.15, 0.2) is 23.1 Å². The Bertz CT molecular complexity index is 503. The van der Waals surface area contributed by atoms with Crippen molar-refractivity contribution < 1.29 is 12.8 Å². The molecular formula is C10H11ClFNO2S. The Balaban J connectivity index is 3.34. The van der Waals surface area contributed by atoms with Crippen molar-refractivity contribution in [2.75, 3.05) is 12.8 Å². The van der Waals surface area contributed by atoms with E-state index in [1.54, 1.807) is 12.2 Å². The molecule has 0 aliphatic rings. The topological polar surface area (TPSA) is 60.2 Å². The highest BCUT2D eigenvalue weighted by atomic mass is 35.5. The Hall–Kier alpha value is -0.910. The minimum Gasteiger partial charge on any atom is -0.327 e. The molecule has 0 heterocycles. The largest absolute Gasteiger partial charge is 0.327 e. The first-order chi connectivity index (χ1) is 7.36. The molecule has 6 heteroatoms. The number of hydrogen-bond acceptors (Lipinski definition) is 3. The molecule has 0 aromatic heterocycles. The number of nitrogens with two attached hydrogens (primary N) is 1. The van der Waals surface area contributed by atoms with Gasteiger partial charge in [-0.1, -0.05) is 23.8 Å². The van der Waals surface area contributed by atoms with E-state index in [-0.39, 0.29) is 5.02 Å². The zero-order chi connectivity index (χ0) is 12.3. The van der Waals surface area contributed by atoms with Gasteiger partial charge in [-0.15, -0.1) is 0 Å². The molecule has 0 atom stereocenters. The standard InChI is InChI=1S/C10H11ClFNO2S/c1-16(14,15)10-8(11)5-7(3-2-4-13)6-9(10)12/h2-3,5-6H,4,13H2,1H3/b3-2+. The van der Waals surface area contributed by atoms with Gasteiger partial charge in [0.2, 0.25) is 0 Å². The van der Waals surface area contributed by atoms with Gasteiger partial charge < -0.3 is 5.73 Å². The van der Waals surface area contributed by atoms with E-state index >= 15 is 0 Å². The van der Waals surface area contributed by atoms with Crippen molar-refractivity contribution in [2.24, 2.45) is 5.73 Å². The van der Waals surface area contributed by atoms with E-state index in [1.165, 1.54) is 6.07 Å². The summed E-state index contributed by atoms with van der Waals surface area (Å²) in [5.74, 6) is -0.855. The average Bonchev–Trinajstić information content (AvgIpc) is 2.11. The minimum atomic E-state index is -3.66. The molecule has 88 valence electrons. The van der Waals surface area contributed by atoms with Crippen molar-refractivity contribution >= 4 is 27.5 Å². The van der Waals surface area contributed by atoms with Gasteiger partial charge in [-0.2, -0.15) is 0 Å². The molecule has 1 aromatic rings. The van der Waals surface area contributed by atoms with Crippen LogP contribution >= 0.6 is 11.6 Å². The van der Waals surface area contributed by atoms with Gasteiger partial charge >= 0.3 is 0 Å². The molecule has 0 fully saturated rings. The van der Waals surface area contributed by atoms with Crippen LogP contribution in [0.3, 0.4) is 0 Å². The summed E-state index contributed by atoms with van der Waals surface area (Å²) in [5, 5.41) is -0.126. The van der Waals surface area contributed by atoms with Crippen molar-refractivity contribution in [3.05, 3.63) is 34.6 Å². The number of benzene rings is 1. The summed E-state index contributed by atoms with van der Waals surface area (Å²) in [6.07, 6.45) is 4.10. The molecular weight excluding hydrogens is 253 g/mol. The molecule has 0 saturated carbocycles. The van der Waals surface area contributed by atoms with Crippen LogP contribution in [0.1, 0.15) is 5.56 Å². The van der Waals surface area contributed by atoms with Gasteiger partial charge in [0.25, 0.3) is 0 Å². The van der Waals surface area contributed by atoms with Crippen LogP contribution in [-0.2, 0) is 9.84 Å². The normalized spacial score (nSPS) is 12.2. The van der Waals surface area contributed by atoms with Crippen molar-refractivity contribution in [2.45, 2.75) is 4.90 Å². The fourth-order valence-corrected chi connectivity index (χ4v) is 2.70. The second kappa shape index (κ2) is 4.95. The lowest BCUT2D eigenvalue weighted by molar-refractivity contribution is 0.571. The average molecular weight is 264 g/mol. The Kier molecular flexibility index (Phi) is 4.07. The molecule has 0 aliphatic carbocycles. The maximum Gasteiger partial charge on any atom is 0.179 e. The molecule has 0 saturated heterocycles. The van der Waals surface area contributed by atoms with Crippen molar-refractivity contribution in [3.63, 3.8) is 0 Å². The Morgan fingerprint density at radius 2 is 2.12 bits per heavy atom. The lowest BCUT2D eigenvalue weighted by Crippen LogP contribution is -2.02. The van der Waals surface area contributed by atoms with Gasteiger partial charge in [0.1, 0.15) is 10.7 Å². The number of rotatable bonds is 3. The maximum absolute atomic E-state index is 13.5. The minimum absolute atomic E-state index is 0.126. The molecule has 0 bridgehead atoms. The van der Waals surface area contributed by atoms with Gasteiger partial charge in [0.15, 0.2) is 9.84 Å². The van der Waals surface area contributed by atoms with E-state index in [2.05, 4.69) is 0 Å². The summed E-state index contributed by atoms with van der Waals surface area (Å²) in [5.41, 5.74) is 5.71. The lowest BCUT2D eigenvalue weighted by atomic mass is 10.2. The van der Waals surface area contributed by atoms with Crippen LogP contribution in [0, 0.1) is 5.82 Å². The molecule has 1 rings (SSSR count). The van der Waals surface area contributed by atoms with Crippen LogP contribution in [0.5, 0.6) is 0 Å². The number of halogens is 2. The molecule has 0 unspecified atom stereocenters. The lowest BCUT2D eigenvalue weighted by Gasteiger charge is -2.05. The first-order valence-electron chi connectivity index (χ1n) is 4.42. The van der Waals surface area contributed by atoms with E-state index in [1.807, 2.05) is 0 Å². The number of hydrogen-bond donors (Lipinski definition) is 1. The van der Waals surface area contributed by atoms with Crippen LogP contribution in [0.4, 0.5) is 4.39 Å². The van der Waals surface area contributed by atoms with Crippen LogP contribution in [0.2, 0.25) is 5.02 Å². The Morgan fingerprint density at radius 3 is 2.56 bits per heavy atom. The third-order valence-electron chi connectivity index (χ3n) is 1.84. The quantitative estimate of drug-likeness (QED) is 0.905. The summed E-state index contributed by atoms with van der Waals surface area (Å²) in [6, 6.07) is 2.49. The Morgan fingerprint density at radius 1 is 1.50 bits per heavy atom.